The maximum absolute atomic E-state index is 15.6. The van der Waals surface area contributed by atoms with Crippen LogP contribution in [0.25, 0.3) is 22.3 Å². The van der Waals surface area contributed by atoms with Gasteiger partial charge in [-0.2, -0.15) is 4.39 Å². The van der Waals surface area contributed by atoms with Crippen molar-refractivity contribution in [1.29, 1.82) is 0 Å². The lowest BCUT2D eigenvalue weighted by molar-refractivity contribution is 0.0482. The molecule has 1 aromatic carbocycles. The van der Waals surface area contributed by atoms with Crippen molar-refractivity contribution in [3.05, 3.63) is 60.4 Å². The fourth-order valence-electron chi connectivity index (χ4n) is 5.21. The summed E-state index contributed by atoms with van der Waals surface area (Å²) in [5, 5.41) is 0.198. The topological polar surface area (TPSA) is 134 Å². The minimum absolute atomic E-state index is 0.0510. The molecule has 3 aromatic heterocycles. The zero-order valence-corrected chi connectivity index (χ0v) is 24.4. The standard InChI is InChI=1S/C27H28FN5O6S2/c1-16-13-38-14-17-15-39-22-23(27(2,3)40(4,34)35)30-25(31-26(22)33(16)17)21-19-10-11-32(20(19)12-29-24(21)28)41(36,37)18-8-6-5-7-9-18/h5-12,16-17H,13-15H2,1-4H3/t16-,17+/m1/s1. The summed E-state index contributed by atoms with van der Waals surface area (Å²) in [6.45, 7) is 5.97. The third-order valence-electron chi connectivity index (χ3n) is 7.74. The van der Waals surface area contributed by atoms with Crippen LogP contribution in [-0.2, 0) is 29.3 Å². The monoisotopic (exact) mass is 601 g/mol. The van der Waals surface area contributed by atoms with Crippen molar-refractivity contribution in [2.75, 3.05) is 31.0 Å². The van der Waals surface area contributed by atoms with E-state index in [1.807, 2.05) is 11.8 Å². The molecule has 14 heteroatoms. The Hall–Kier alpha value is -3.62. The lowest BCUT2D eigenvalue weighted by Crippen LogP contribution is -2.56. The highest BCUT2D eigenvalue weighted by Gasteiger charge is 2.44. The van der Waals surface area contributed by atoms with Crippen LogP contribution < -0.4 is 9.64 Å². The number of sulfone groups is 1. The predicted molar refractivity (Wildman–Crippen MR) is 150 cm³/mol. The first-order valence-electron chi connectivity index (χ1n) is 12.9. The number of aromatic nitrogens is 4. The average Bonchev–Trinajstić information content (AvgIpc) is 3.37. The predicted octanol–water partition coefficient (Wildman–Crippen LogP) is 3.14. The second-order valence-electron chi connectivity index (χ2n) is 10.7. The third-order valence-corrected chi connectivity index (χ3v) is 11.5. The maximum atomic E-state index is 15.6. The van der Waals surface area contributed by atoms with Crippen LogP contribution in [0.15, 0.2) is 53.7 Å². The van der Waals surface area contributed by atoms with Crippen LogP contribution in [0.3, 0.4) is 0 Å². The van der Waals surface area contributed by atoms with E-state index in [1.165, 1.54) is 38.2 Å². The highest BCUT2D eigenvalue weighted by Crippen LogP contribution is 2.45. The van der Waals surface area contributed by atoms with Crippen LogP contribution in [0.4, 0.5) is 10.2 Å². The highest BCUT2D eigenvalue weighted by molar-refractivity contribution is 7.91. The second-order valence-corrected chi connectivity index (χ2v) is 15.1. The number of nitrogens with zero attached hydrogens (tertiary/aromatic N) is 5. The van der Waals surface area contributed by atoms with E-state index in [4.69, 9.17) is 14.5 Å². The molecule has 0 bridgehead atoms. The first-order chi connectivity index (χ1) is 19.3. The number of hydrogen-bond acceptors (Lipinski definition) is 10. The number of fused-ring (bicyclic) bond motifs is 4. The Morgan fingerprint density at radius 1 is 1.02 bits per heavy atom. The van der Waals surface area contributed by atoms with E-state index >= 15 is 4.39 Å². The lowest BCUT2D eigenvalue weighted by atomic mass is 10.0. The van der Waals surface area contributed by atoms with Gasteiger partial charge in [-0.25, -0.2) is 35.8 Å². The van der Waals surface area contributed by atoms with Crippen LogP contribution >= 0.6 is 0 Å². The van der Waals surface area contributed by atoms with E-state index in [0.717, 1.165) is 16.4 Å². The van der Waals surface area contributed by atoms with Gasteiger partial charge in [0.05, 0.1) is 47.5 Å². The Kier molecular flexibility index (Phi) is 6.36. The van der Waals surface area contributed by atoms with E-state index in [2.05, 4.69) is 9.97 Å². The van der Waals surface area contributed by atoms with Crippen molar-refractivity contribution >= 4 is 36.6 Å². The molecule has 5 heterocycles. The summed E-state index contributed by atoms with van der Waals surface area (Å²) >= 11 is 0. The van der Waals surface area contributed by atoms with E-state index in [9.17, 15) is 16.8 Å². The Morgan fingerprint density at radius 2 is 1.76 bits per heavy atom. The summed E-state index contributed by atoms with van der Waals surface area (Å²) in [4.78, 5) is 15.2. The summed E-state index contributed by atoms with van der Waals surface area (Å²) < 4.78 is 79.6. The molecule has 0 saturated carbocycles. The Bertz CT molecular complexity index is 1890. The van der Waals surface area contributed by atoms with Crippen molar-refractivity contribution in [1.82, 2.24) is 18.9 Å². The number of ether oxygens (including phenoxy) is 2. The summed E-state index contributed by atoms with van der Waals surface area (Å²) in [5.41, 5.74) is 0.0372. The van der Waals surface area contributed by atoms with Crippen molar-refractivity contribution < 1.29 is 30.7 Å². The van der Waals surface area contributed by atoms with Crippen molar-refractivity contribution in [3.63, 3.8) is 0 Å². The molecule has 1 fully saturated rings. The number of morpholine rings is 1. The molecule has 216 valence electrons. The van der Waals surface area contributed by atoms with Gasteiger partial charge in [0.1, 0.15) is 17.0 Å². The van der Waals surface area contributed by atoms with Crippen LogP contribution in [0.2, 0.25) is 0 Å². The normalized spacial score (nSPS) is 19.5. The van der Waals surface area contributed by atoms with Crippen LogP contribution in [0.5, 0.6) is 5.75 Å². The van der Waals surface area contributed by atoms with Crippen LogP contribution in [0, 0.1) is 5.95 Å². The maximum Gasteiger partial charge on any atom is 0.268 e. The lowest BCUT2D eigenvalue weighted by Gasteiger charge is -2.45. The number of anilines is 1. The number of benzene rings is 1. The number of rotatable bonds is 5. The summed E-state index contributed by atoms with van der Waals surface area (Å²) in [5.74, 6) is -0.539. The molecule has 4 aromatic rings. The number of hydrogen-bond donors (Lipinski definition) is 0. The van der Waals surface area contributed by atoms with Crippen molar-refractivity contribution in [2.24, 2.45) is 0 Å². The SMILES string of the molecule is C[C@@H]1COC[C@H]2COc3c(nc(-c4c(F)ncc5c4ccn5S(=O)(=O)c4ccccc4)nc3C(C)(C)S(C)(=O)=O)N21. The summed E-state index contributed by atoms with van der Waals surface area (Å²) in [7, 11) is -7.77. The summed E-state index contributed by atoms with van der Waals surface area (Å²) in [6, 6.07) is 8.97. The van der Waals surface area contributed by atoms with E-state index in [0.29, 0.717) is 19.0 Å². The van der Waals surface area contributed by atoms with Gasteiger partial charge >= 0.3 is 0 Å². The average molecular weight is 602 g/mol. The van der Waals surface area contributed by atoms with Crippen molar-refractivity contribution in [3.8, 4) is 17.1 Å². The van der Waals surface area contributed by atoms with Gasteiger partial charge in [-0.05, 0) is 39.0 Å². The van der Waals surface area contributed by atoms with Gasteiger partial charge in [-0.15, -0.1) is 0 Å². The van der Waals surface area contributed by atoms with Crippen molar-refractivity contribution in [2.45, 2.75) is 42.5 Å². The zero-order chi connectivity index (χ0) is 29.3. The largest absolute Gasteiger partial charge is 0.486 e. The Balaban J connectivity index is 1.63. The molecule has 2 atom stereocenters. The quantitative estimate of drug-likeness (QED) is 0.314. The third kappa shape index (κ3) is 4.27. The number of pyridine rings is 1. The van der Waals surface area contributed by atoms with Gasteiger partial charge in [0.15, 0.2) is 27.2 Å². The molecule has 0 spiro atoms. The molecule has 2 aliphatic rings. The van der Waals surface area contributed by atoms with Crippen LogP contribution in [-0.4, -0.2) is 73.9 Å². The first kappa shape index (κ1) is 27.5. The molecule has 0 aliphatic carbocycles. The molecule has 11 nitrogen and oxygen atoms in total. The molecular formula is C27H28FN5O6S2. The zero-order valence-electron chi connectivity index (χ0n) is 22.8. The van der Waals surface area contributed by atoms with E-state index < -0.39 is 30.6 Å². The van der Waals surface area contributed by atoms with Gasteiger partial charge in [-0.1, -0.05) is 18.2 Å². The molecule has 6 rings (SSSR count). The molecule has 0 amide bonds. The summed E-state index contributed by atoms with van der Waals surface area (Å²) in [6.07, 6.45) is 3.56. The fraction of sp³-hybridized carbons (Fsp3) is 0.370. The molecule has 1 saturated heterocycles. The number of halogens is 1. The molecule has 0 unspecified atom stereocenters. The molecule has 0 radical (unpaired) electrons. The minimum atomic E-state index is -4.03. The van der Waals surface area contributed by atoms with Gasteiger partial charge in [-0.3, -0.25) is 0 Å². The first-order valence-corrected chi connectivity index (χ1v) is 16.2. The van der Waals surface area contributed by atoms with Crippen LogP contribution in [0.1, 0.15) is 26.5 Å². The van der Waals surface area contributed by atoms with Gasteiger partial charge < -0.3 is 14.4 Å². The molecule has 2 aliphatic heterocycles. The van der Waals surface area contributed by atoms with Gasteiger partial charge in [0, 0.05) is 17.8 Å². The molecule has 0 N–H and O–H groups in total. The molecular weight excluding hydrogens is 573 g/mol. The Morgan fingerprint density at radius 3 is 2.46 bits per heavy atom. The molecule has 41 heavy (non-hydrogen) atoms. The smallest absolute Gasteiger partial charge is 0.268 e. The van der Waals surface area contributed by atoms with Gasteiger partial charge in [0.25, 0.3) is 10.0 Å². The Labute approximate surface area is 236 Å². The van der Waals surface area contributed by atoms with E-state index in [1.54, 1.807) is 18.2 Å². The minimum Gasteiger partial charge on any atom is -0.486 e. The second kappa shape index (κ2) is 9.46. The van der Waals surface area contributed by atoms with Gasteiger partial charge in [0.2, 0.25) is 5.95 Å². The van der Waals surface area contributed by atoms with E-state index in [-0.39, 0.29) is 57.3 Å². The highest BCUT2D eigenvalue weighted by atomic mass is 32.2. The fourth-order valence-corrected chi connectivity index (χ4v) is 7.06.